The molecule has 226 valence electrons. The monoisotopic (exact) mass is 597 g/mol. The largest absolute Gasteiger partial charge is 0.354 e. The van der Waals surface area contributed by atoms with Crippen LogP contribution in [0.3, 0.4) is 0 Å². The Morgan fingerprint density at radius 2 is 1.63 bits per heavy atom. The number of fused-ring (bicyclic) bond motifs is 2. The van der Waals surface area contributed by atoms with Crippen LogP contribution in [0.25, 0.3) is 38.4 Å². The van der Waals surface area contributed by atoms with Gasteiger partial charge in [-0.15, -0.1) is 0 Å². The number of benzene rings is 3. The Hall–Kier alpha value is -3.37. The van der Waals surface area contributed by atoms with Crippen LogP contribution in [0.5, 0.6) is 0 Å². The van der Waals surface area contributed by atoms with Gasteiger partial charge in [-0.2, -0.15) is 5.10 Å². The standard InChI is InChI=1S/C38H45ClFN3/c1-5-7-8-9-10-19-34-35(26(4)42-43-34)36-33(39)23-22-32-31(37(41-38(32)36)25(3)14-6-2)18-12-11-15-27-16-13-17-28-24-29(40)20-21-30(27)28/h13,16-17,20-24,41H,3,5-12,14-15,18-19H2,1-2,4H3,(H,42,43). The van der Waals surface area contributed by atoms with Crippen molar-refractivity contribution in [3.8, 4) is 11.1 Å². The Kier molecular flexibility index (Phi) is 10.4. The molecule has 2 heterocycles. The number of hydrogen-bond donors (Lipinski definition) is 2. The van der Waals surface area contributed by atoms with Crippen molar-refractivity contribution in [2.45, 2.75) is 97.8 Å². The fraction of sp³-hybridized carbons (Fsp3) is 0.395. The summed E-state index contributed by atoms with van der Waals surface area (Å²) in [5.74, 6) is -0.187. The van der Waals surface area contributed by atoms with Gasteiger partial charge >= 0.3 is 0 Å². The Balaban J connectivity index is 1.43. The molecule has 3 nitrogen and oxygen atoms in total. The minimum Gasteiger partial charge on any atom is -0.354 e. The summed E-state index contributed by atoms with van der Waals surface area (Å²) in [5, 5.41) is 12.1. The summed E-state index contributed by atoms with van der Waals surface area (Å²) < 4.78 is 13.8. The van der Waals surface area contributed by atoms with Gasteiger partial charge in [0, 0.05) is 27.9 Å². The molecule has 0 amide bonds. The number of H-pyrrole nitrogens is 2. The number of nitrogens with one attached hydrogen (secondary N) is 2. The van der Waals surface area contributed by atoms with Crippen LogP contribution < -0.4 is 0 Å². The molecule has 0 saturated heterocycles. The van der Waals surface area contributed by atoms with Crippen molar-refractivity contribution in [2.75, 3.05) is 0 Å². The van der Waals surface area contributed by atoms with E-state index in [0.29, 0.717) is 0 Å². The van der Waals surface area contributed by atoms with Crippen LogP contribution in [0.2, 0.25) is 5.02 Å². The van der Waals surface area contributed by atoms with E-state index in [1.54, 1.807) is 12.1 Å². The molecule has 3 aromatic carbocycles. The summed E-state index contributed by atoms with van der Waals surface area (Å²) in [6, 6.07) is 15.5. The highest BCUT2D eigenvalue weighted by Gasteiger charge is 2.22. The van der Waals surface area contributed by atoms with Gasteiger partial charge in [-0.25, -0.2) is 4.39 Å². The first kappa shape index (κ1) is 31.1. The average molecular weight is 598 g/mol. The van der Waals surface area contributed by atoms with Gasteiger partial charge in [-0.3, -0.25) is 5.10 Å². The number of unbranched alkanes of at least 4 members (excludes halogenated alkanes) is 5. The molecule has 0 bridgehead atoms. The van der Waals surface area contributed by atoms with Gasteiger partial charge in [0.15, 0.2) is 0 Å². The van der Waals surface area contributed by atoms with Gasteiger partial charge in [0.1, 0.15) is 5.82 Å². The molecule has 0 atom stereocenters. The second-order valence-corrected chi connectivity index (χ2v) is 12.4. The summed E-state index contributed by atoms with van der Waals surface area (Å²) in [6.07, 6.45) is 13.1. The Morgan fingerprint density at radius 3 is 2.44 bits per heavy atom. The van der Waals surface area contributed by atoms with E-state index in [4.69, 9.17) is 16.7 Å². The fourth-order valence-electron chi connectivity index (χ4n) is 6.57. The number of nitrogens with zero attached hydrogens (tertiary/aromatic N) is 1. The van der Waals surface area contributed by atoms with Crippen molar-refractivity contribution in [3.05, 3.63) is 94.2 Å². The third-order valence-electron chi connectivity index (χ3n) is 8.78. The summed E-state index contributed by atoms with van der Waals surface area (Å²) in [4.78, 5) is 3.81. The van der Waals surface area contributed by atoms with Crippen molar-refractivity contribution in [1.29, 1.82) is 0 Å². The molecule has 2 N–H and O–H groups in total. The first-order valence-corrected chi connectivity index (χ1v) is 16.5. The maximum Gasteiger partial charge on any atom is 0.123 e. The lowest BCUT2D eigenvalue weighted by molar-refractivity contribution is 0.628. The van der Waals surface area contributed by atoms with Gasteiger partial charge in [0.25, 0.3) is 0 Å². The predicted octanol–water partition coefficient (Wildman–Crippen LogP) is 11.7. The van der Waals surface area contributed by atoms with Crippen molar-refractivity contribution in [3.63, 3.8) is 0 Å². The molecule has 0 aliphatic carbocycles. The Morgan fingerprint density at radius 1 is 0.860 bits per heavy atom. The lowest BCUT2D eigenvalue weighted by atomic mass is 9.94. The highest BCUT2D eigenvalue weighted by Crippen LogP contribution is 2.42. The molecule has 5 heteroatoms. The summed E-state index contributed by atoms with van der Waals surface area (Å²) >= 11 is 6.99. The molecule has 5 rings (SSSR count). The Bertz CT molecular complexity index is 1710. The van der Waals surface area contributed by atoms with Gasteiger partial charge in [-0.05, 0) is 97.5 Å². The minimum atomic E-state index is -0.187. The van der Waals surface area contributed by atoms with Crippen molar-refractivity contribution in [2.24, 2.45) is 0 Å². The molecule has 0 aliphatic rings. The molecule has 0 radical (unpaired) electrons. The molecule has 43 heavy (non-hydrogen) atoms. The molecular formula is C38H45ClFN3. The van der Waals surface area contributed by atoms with Crippen LogP contribution in [-0.4, -0.2) is 15.2 Å². The van der Waals surface area contributed by atoms with E-state index < -0.39 is 0 Å². The normalized spacial score (nSPS) is 11.7. The Labute approximate surface area is 260 Å². The molecule has 0 spiro atoms. The maximum atomic E-state index is 13.8. The van der Waals surface area contributed by atoms with Crippen LogP contribution >= 0.6 is 11.6 Å². The number of aromatic nitrogens is 3. The van der Waals surface area contributed by atoms with Crippen LogP contribution in [-0.2, 0) is 19.3 Å². The third kappa shape index (κ3) is 6.91. The molecule has 0 unspecified atom stereocenters. The quantitative estimate of drug-likeness (QED) is 0.116. The zero-order chi connectivity index (χ0) is 30.3. The van der Waals surface area contributed by atoms with Crippen LogP contribution in [0.4, 0.5) is 4.39 Å². The van der Waals surface area contributed by atoms with Gasteiger partial charge < -0.3 is 4.98 Å². The topological polar surface area (TPSA) is 44.5 Å². The third-order valence-corrected chi connectivity index (χ3v) is 9.10. The van der Waals surface area contributed by atoms with Crippen LogP contribution in [0, 0.1) is 12.7 Å². The molecule has 0 saturated carbocycles. The highest BCUT2D eigenvalue weighted by molar-refractivity contribution is 6.35. The number of hydrogen-bond acceptors (Lipinski definition) is 1. The molecular weight excluding hydrogens is 553 g/mol. The summed E-state index contributed by atoms with van der Waals surface area (Å²) in [6.45, 7) is 11.0. The minimum absolute atomic E-state index is 0.187. The van der Waals surface area contributed by atoms with E-state index in [1.165, 1.54) is 42.2 Å². The van der Waals surface area contributed by atoms with Crippen molar-refractivity contribution in [1.82, 2.24) is 15.2 Å². The van der Waals surface area contributed by atoms with E-state index >= 15 is 0 Å². The predicted molar refractivity (Wildman–Crippen MR) is 183 cm³/mol. The average Bonchev–Trinajstić information content (AvgIpc) is 3.55. The number of halogens is 2. The van der Waals surface area contributed by atoms with Crippen molar-refractivity contribution < 1.29 is 4.39 Å². The van der Waals surface area contributed by atoms with Gasteiger partial charge in [-0.1, -0.05) is 94.5 Å². The van der Waals surface area contributed by atoms with Gasteiger partial charge in [0.2, 0.25) is 0 Å². The summed E-state index contributed by atoms with van der Waals surface area (Å²) in [7, 11) is 0. The van der Waals surface area contributed by atoms with E-state index in [9.17, 15) is 4.39 Å². The number of aryl methyl sites for hydroxylation is 4. The lowest BCUT2D eigenvalue weighted by Crippen LogP contribution is -1.94. The zero-order valence-corrected chi connectivity index (χ0v) is 26.8. The number of aromatic amines is 2. The van der Waals surface area contributed by atoms with Crippen molar-refractivity contribution >= 4 is 38.8 Å². The molecule has 0 aliphatic heterocycles. The number of rotatable bonds is 15. The second-order valence-electron chi connectivity index (χ2n) is 12.0. The van der Waals surface area contributed by atoms with Crippen LogP contribution in [0.15, 0.2) is 55.1 Å². The first-order chi connectivity index (χ1) is 20.9. The fourth-order valence-corrected chi connectivity index (χ4v) is 6.82. The number of allylic oxidation sites excluding steroid dienone is 1. The molecule has 0 fully saturated rings. The highest BCUT2D eigenvalue weighted by atomic mass is 35.5. The summed E-state index contributed by atoms with van der Waals surface area (Å²) in [5.41, 5.74) is 10.3. The zero-order valence-electron chi connectivity index (χ0n) is 26.0. The first-order valence-electron chi connectivity index (χ1n) is 16.1. The maximum absolute atomic E-state index is 13.8. The molecule has 5 aromatic rings. The SMILES string of the molecule is C=C(CCC)c1[nH]c2c(-c3c(CCCCCCC)n[nH]c3C)c(Cl)ccc2c1CCCCc1cccc2cc(F)ccc12. The van der Waals surface area contributed by atoms with Gasteiger partial charge in [0.05, 0.1) is 16.2 Å². The van der Waals surface area contributed by atoms with E-state index in [-0.39, 0.29) is 5.82 Å². The molecule has 2 aromatic heterocycles. The van der Waals surface area contributed by atoms with Crippen LogP contribution in [0.1, 0.15) is 99.8 Å². The van der Waals surface area contributed by atoms with E-state index in [2.05, 4.69) is 55.6 Å². The second kappa shape index (κ2) is 14.4. The van der Waals surface area contributed by atoms with E-state index in [1.807, 2.05) is 18.2 Å². The lowest BCUT2D eigenvalue weighted by Gasteiger charge is -2.10. The smallest absolute Gasteiger partial charge is 0.123 e. The van der Waals surface area contributed by atoms with E-state index in [0.717, 1.165) is 106 Å².